The second-order valence-electron chi connectivity index (χ2n) is 4.41. The quantitative estimate of drug-likeness (QED) is 0.834. The number of carbonyl (C=O) groups is 2. The van der Waals surface area contributed by atoms with Crippen molar-refractivity contribution in [1.82, 2.24) is 5.32 Å². The van der Waals surface area contributed by atoms with E-state index in [0.29, 0.717) is 17.1 Å². The van der Waals surface area contributed by atoms with E-state index in [1.165, 1.54) is 18.4 Å². The number of hydrogen-bond donors (Lipinski definition) is 1. The van der Waals surface area contributed by atoms with Gasteiger partial charge in [0, 0.05) is 6.54 Å². The summed E-state index contributed by atoms with van der Waals surface area (Å²) in [5, 5.41) is 5.04. The lowest BCUT2D eigenvalue weighted by atomic mass is 10.2. The largest absolute Gasteiger partial charge is 0.465 e. The van der Waals surface area contributed by atoms with E-state index in [-0.39, 0.29) is 17.9 Å². The van der Waals surface area contributed by atoms with Gasteiger partial charge in [0.2, 0.25) is 5.91 Å². The number of thiophene rings is 1. The Hall–Kier alpha value is -1.40. The van der Waals surface area contributed by atoms with Crippen molar-refractivity contribution in [3.05, 3.63) is 16.3 Å². The van der Waals surface area contributed by atoms with Crippen LogP contribution in [-0.2, 0) is 9.53 Å². The third-order valence-corrected chi connectivity index (χ3v) is 4.04. The molecule has 19 heavy (non-hydrogen) atoms. The van der Waals surface area contributed by atoms with Crippen LogP contribution in [0.5, 0.6) is 0 Å². The molecule has 5 nitrogen and oxygen atoms in total. The van der Waals surface area contributed by atoms with Gasteiger partial charge in [-0.05, 0) is 30.8 Å². The van der Waals surface area contributed by atoms with Gasteiger partial charge in [-0.15, -0.1) is 11.3 Å². The standard InChI is InChI=1S/C13H18N2O3S/c1-3-6-14-9-4-7-15(12(9)16)10-5-8-19-11(10)13(17)18-2/h5,8-9,14H,3-4,6-7H2,1-2H3. The normalized spacial score (nSPS) is 18.9. The van der Waals surface area contributed by atoms with Crippen LogP contribution in [0.25, 0.3) is 0 Å². The molecule has 6 heteroatoms. The molecule has 1 aromatic rings. The topological polar surface area (TPSA) is 58.6 Å². The van der Waals surface area contributed by atoms with Gasteiger partial charge in [0.15, 0.2) is 0 Å². The Bertz CT molecular complexity index is 472. The lowest BCUT2D eigenvalue weighted by molar-refractivity contribution is -0.118. The van der Waals surface area contributed by atoms with Gasteiger partial charge < -0.3 is 15.0 Å². The first-order valence-electron chi connectivity index (χ1n) is 6.39. The smallest absolute Gasteiger partial charge is 0.350 e. The Kier molecular flexibility index (Phi) is 4.55. The summed E-state index contributed by atoms with van der Waals surface area (Å²) in [5.74, 6) is -0.347. The van der Waals surface area contributed by atoms with Crippen LogP contribution in [0.1, 0.15) is 29.4 Å². The van der Waals surface area contributed by atoms with Crippen LogP contribution in [0.4, 0.5) is 5.69 Å². The van der Waals surface area contributed by atoms with Crippen molar-refractivity contribution >= 4 is 28.9 Å². The fraction of sp³-hybridized carbons (Fsp3) is 0.538. The molecule has 104 valence electrons. The minimum absolute atomic E-state index is 0.0389. The van der Waals surface area contributed by atoms with E-state index in [9.17, 15) is 9.59 Å². The van der Waals surface area contributed by atoms with Gasteiger partial charge in [-0.2, -0.15) is 0 Å². The van der Waals surface area contributed by atoms with E-state index in [1.54, 1.807) is 11.0 Å². The average Bonchev–Trinajstić information content (AvgIpc) is 3.02. The van der Waals surface area contributed by atoms with Crippen LogP contribution in [-0.4, -0.2) is 38.1 Å². The average molecular weight is 282 g/mol. The number of amides is 1. The Labute approximate surface area is 116 Å². The number of esters is 1. The van der Waals surface area contributed by atoms with E-state index in [0.717, 1.165) is 19.4 Å². The minimum Gasteiger partial charge on any atom is -0.465 e. The summed E-state index contributed by atoms with van der Waals surface area (Å²) in [4.78, 5) is 26.1. The number of nitrogens with one attached hydrogen (secondary N) is 1. The molecule has 1 atom stereocenters. The second kappa shape index (κ2) is 6.16. The van der Waals surface area contributed by atoms with E-state index in [1.807, 2.05) is 5.38 Å². The van der Waals surface area contributed by atoms with E-state index in [4.69, 9.17) is 4.74 Å². The molecule has 1 aromatic heterocycles. The Balaban J connectivity index is 2.13. The van der Waals surface area contributed by atoms with Gasteiger partial charge in [0.1, 0.15) is 4.88 Å². The highest BCUT2D eigenvalue weighted by molar-refractivity contribution is 7.12. The van der Waals surface area contributed by atoms with Crippen LogP contribution < -0.4 is 10.2 Å². The molecule has 1 fully saturated rings. The van der Waals surface area contributed by atoms with Crippen LogP contribution >= 0.6 is 11.3 Å². The molecule has 2 heterocycles. The summed E-state index contributed by atoms with van der Waals surface area (Å²) in [7, 11) is 1.35. The first-order chi connectivity index (χ1) is 9.19. The van der Waals surface area contributed by atoms with Crippen molar-refractivity contribution in [2.75, 3.05) is 25.1 Å². The molecule has 0 aliphatic carbocycles. The first-order valence-corrected chi connectivity index (χ1v) is 7.27. The summed E-state index contributed by atoms with van der Waals surface area (Å²) in [6.07, 6.45) is 1.77. The number of methoxy groups -OCH3 is 1. The third-order valence-electron chi connectivity index (χ3n) is 3.15. The van der Waals surface area contributed by atoms with Crippen molar-refractivity contribution < 1.29 is 14.3 Å². The fourth-order valence-corrected chi connectivity index (χ4v) is 3.00. The Morgan fingerprint density at radius 2 is 2.42 bits per heavy atom. The molecule has 2 rings (SSSR count). The maximum atomic E-state index is 12.3. The van der Waals surface area contributed by atoms with Crippen LogP contribution in [0, 0.1) is 0 Å². The van der Waals surface area contributed by atoms with Crippen LogP contribution in [0.3, 0.4) is 0 Å². The number of rotatable bonds is 5. The van der Waals surface area contributed by atoms with E-state index < -0.39 is 0 Å². The number of nitrogens with zero attached hydrogens (tertiary/aromatic N) is 1. The molecule has 0 spiro atoms. The predicted octanol–water partition coefficient (Wildman–Crippen LogP) is 1.64. The third kappa shape index (κ3) is 2.79. The van der Waals surface area contributed by atoms with E-state index in [2.05, 4.69) is 12.2 Å². The highest BCUT2D eigenvalue weighted by Crippen LogP contribution is 2.30. The zero-order valence-corrected chi connectivity index (χ0v) is 12.0. The zero-order chi connectivity index (χ0) is 13.8. The minimum atomic E-state index is -0.386. The SMILES string of the molecule is CCCNC1CCN(c2ccsc2C(=O)OC)C1=O. The summed E-state index contributed by atoms with van der Waals surface area (Å²) >= 11 is 1.30. The second-order valence-corrected chi connectivity index (χ2v) is 5.33. The Morgan fingerprint density at radius 3 is 3.11 bits per heavy atom. The molecule has 1 aliphatic rings. The van der Waals surface area contributed by atoms with Crippen molar-refractivity contribution in [1.29, 1.82) is 0 Å². The van der Waals surface area contributed by atoms with Crippen molar-refractivity contribution in [3.8, 4) is 0 Å². The number of anilines is 1. The molecule has 1 amide bonds. The molecule has 1 unspecified atom stereocenters. The molecular weight excluding hydrogens is 264 g/mol. The summed E-state index contributed by atoms with van der Waals surface area (Å²) in [5.41, 5.74) is 0.669. The summed E-state index contributed by atoms with van der Waals surface area (Å²) < 4.78 is 4.74. The lowest BCUT2D eigenvalue weighted by Gasteiger charge is -2.17. The number of hydrogen-bond acceptors (Lipinski definition) is 5. The van der Waals surface area contributed by atoms with Gasteiger partial charge in [-0.25, -0.2) is 4.79 Å². The summed E-state index contributed by atoms with van der Waals surface area (Å²) in [6, 6.07) is 1.67. The van der Waals surface area contributed by atoms with Gasteiger partial charge in [-0.1, -0.05) is 6.92 Å². The highest BCUT2D eigenvalue weighted by atomic mass is 32.1. The number of ether oxygens (including phenoxy) is 1. The molecule has 1 N–H and O–H groups in total. The summed E-state index contributed by atoms with van der Waals surface area (Å²) in [6.45, 7) is 3.54. The van der Waals surface area contributed by atoms with Gasteiger partial charge >= 0.3 is 5.97 Å². The Morgan fingerprint density at radius 1 is 1.63 bits per heavy atom. The van der Waals surface area contributed by atoms with Gasteiger partial charge in [-0.3, -0.25) is 4.79 Å². The monoisotopic (exact) mass is 282 g/mol. The van der Waals surface area contributed by atoms with Gasteiger partial charge in [0.25, 0.3) is 0 Å². The molecular formula is C13H18N2O3S. The maximum Gasteiger partial charge on any atom is 0.350 e. The zero-order valence-electron chi connectivity index (χ0n) is 11.1. The molecule has 0 saturated carbocycles. The van der Waals surface area contributed by atoms with Crippen LogP contribution in [0.2, 0.25) is 0 Å². The molecule has 1 saturated heterocycles. The highest BCUT2D eigenvalue weighted by Gasteiger charge is 2.34. The maximum absolute atomic E-state index is 12.3. The lowest BCUT2D eigenvalue weighted by Crippen LogP contribution is -2.38. The van der Waals surface area contributed by atoms with Crippen LogP contribution in [0.15, 0.2) is 11.4 Å². The predicted molar refractivity (Wildman–Crippen MR) is 74.7 cm³/mol. The van der Waals surface area contributed by atoms with E-state index >= 15 is 0 Å². The number of carbonyl (C=O) groups excluding carboxylic acids is 2. The fourth-order valence-electron chi connectivity index (χ4n) is 2.19. The molecule has 1 aliphatic heterocycles. The van der Waals surface area contributed by atoms with Crippen molar-refractivity contribution in [3.63, 3.8) is 0 Å². The molecule has 0 radical (unpaired) electrons. The first kappa shape index (κ1) is 14.0. The van der Waals surface area contributed by atoms with Crippen molar-refractivity contribution in [2.24, 2.45) is 0 Å². The molecule has 0 aromatic carbocycles. The van der Waals surface area contributed by atoms with Gasteiger partial charge in [0.05, 0.1) is 18.8 Å². The molecule has 0 bridgehead atoms. The van der Waals surface area contributed by atoms with Crippen molar-refractivity contribution in [2.45, 2.75) is 25.8 Å².